The van der Waals surface area contributed by atoms with E-state index >= 15 is 0 Å². The molecule has 3 nitrogen and oxygen atoms in total. The third kappa shape index (κ3) is 2.95. The Hall–Kier alpha value is -0.610. The molecule has 0 spiro atoms. The van der Waals surface area contributed by atoms with Crippen LogP contribution < -0.4 is 10.2 Å². The average Bonchev–Trinajstić information content (AvgIpc) is 3.03. The maximum Gasteiger partial charge on any atom is 0.186 e. The van der Waals surface area contributed by atoms with E-state index < -0.39 is 0 Å². The lowest BCUT2D eigenvalue weighted by Gasteiger charge is -2.19. The van der Waals surface area contributed by atoms with Gasteiger partial charge in [-0.3, -0.25) is 0 Å². The van der Waals surface area contributed by atoms with Gasteiger partial charge in [-0.05, 0) is 45.6 Å². The van der Waals surface area contributed by atoms with E-state index in [1.807, 2.05) is 11.3 Å². The van der Waals surface area contributed by atoms with Crippen molar-refractivity contribution in [2.75, 3.05) is 18.0 Å². The van der Waals surface area contributed by atoms with E-state index in [0.29, 0.717) is 6.04 Å². The lowest BCUT2D eigenvalue weighted by atomic mass is 10.2. The van der Waals surface area contributed by atoms with Gasteiger partial charge in [-0.2, -0.15) is 0 Å². The average molecular weight is 279 g/mol. The van der Waals surface area contributed by atoms with Gasteiger partial charge in [0.1, 0.15) is 0 Å². The lowest BCUT2D eigenvalue weighted by Crippen LogP contribution is -2.25. The summed E-state index contributed by atoms with van der Waals surface area (Å²) in [6.45, 7) is 7.87. The van der Waals surface area contributed by atoms with Crippen molar-refractivity contribution in [3.63, 3.8) is 0 Å². The summed E-state index contributed by atoms with van der Waals surface area (Å²) in [5.41, 5.74) is 1.41. The van der Waals surface area contributed by atoms with E-state index in [1.165, 1.54) is 54.4 Å². The van der Waals surface area contributed by atoms with Crippen LogP contribution in [0.2, 0.25) is 0 Å². The number of nitrogens with one attached hydrogen (secondary N) is 1. The van der Waals surface area contributed by atoms with Gasteiger partial charge in [0.05, 0.1) is 5.69 Å². The number of aromatic nitrogens is 1. The van der Waals surface area contributed by atoms with Gasteiger partial charge in [0.15, 0.2) is 5.13 Å². The van der Waals surface area contributed by atoms with Crippen molar-refractivity contribution in [2.24, 2.45) is 0 Å². The van der Waals surface area contributed by atoms with E-state index in [2.05, 4.69) is 24.1 Å². The van der Waals surface area contributed by atoms with Crippen LogP contribution in [0.3, 0.4) is 0 Å². The molecule has 106 valence electrons. The molecule has 1 unspecified atom stereocenters. The van der Waals surface area contributed by atoms with Gasteiger partial charge >= 0.3 is 0 Å². The molecule has 1 saturated carbocycles. The van der Waals surface area contributed by atoms with Gasteiger partial charge in [0.25, 0.3) is 0 Å². The summed E-state index contributed by atoms with van der Waals surface area (Å²) in [6, 6.07) is 0.676. The molecular formula is C15H25N3S. The standard InChI is InChI=1S/C15H25N3S/c1-3-8-16-10-13-14(12-6-7-12)17-15(19-13)18-9-4-5-11(18)2/h11-12,16H,3-10H2,1-2H3. The van der Waals surface area contributed by atoms with Crippen LogP contribution in [0.1, 0.15) is 62.4 Å². The van der Waals surface area contributed by atoms with Crippen molar-refractivity contribution in [3.8, 4) is 0 Å². The highest BCUT2D eigenvalue weighted by atomic mass is 32.1. The summed E-state index contributed by atoms with van der Waals surface area (Å²) >= 11 is 1.93. The smallest absolute Gasteiger partial charge is 0.186 e. The summed E-state index contributed by atoms with van der Waals surface area (Å²) in [5.74, 6) is 0.765. The Kier molecular flexibility index (Phi) is 4.08. The molecule has 2 aliphatic rings. The molecular weight excluding hydrogens is 254 g/mol. The minimum Gasteiger partial charge on any atom is -0.345 e. The van der Waals surface area contributed by atoms with Crippen molar-refractivity contribution in [1.29, 1.82) is 0 Å². The van der Waals surface area contributed by atoms with Crippen molar-refractivity contribution in [1.82, 2.24) is 10.3 Å². The number of rotatable bonds is 6. The Balaban J connectivity index is 1.75. The van der Waals surface area contributed by atoms with Crippen LogP contribution >= 0.6 is 11.3 Å². The monoisotopic (exact) mass is 279 g/mol. The van der Waals surface area contributed by atoms with Crippen molar-refractivity contribution in [2.45, 2.75) is 64.5 Å². The highest BCUT2D eigenvalue weighted by Gasteiger charge is 2.31. The van der Waals surface area contributed by atoms with Crippen LogP contribution in [0.25, 0.3) is 0 Å². The Labute approximate surface area is 120 Å². The van der Waals surface area contributed by atoms with E-state index in [0.717, 1.165) is 19.0 Å². The molecule has 1 saturated heterocycles. The zero-order valence-electron chi connectivity index (χ0n) is 12.1. The van der Waals surface area contributed by atoms with Gasteiger partial charge in [0, 0.05) is 29.9 Å². The van der Waals surface area contributed by atoms with Crippen LogP contribution in [-0.4, -0.2) is 24.1 Å². The summed E-state index contributed by atoms with van der Waals surface area (Å²) in [5, 5.41) is 4.82. The van der Waals surface area contributed by atoms with Gasteiger partial charge in [-0.1, -0.05) is 6.92 Å². The highest BCUT2D eigenvalue weighted by molar-refractivity contribution is 7.15. The quantitative estimate of drug-likeness (QED) is 0.808. The van der Waals surface area contributed by atoms with Gasteiger partial charge in [0.2, 0.25) is 0 Å². The molecule has 0 bridgehead atoms. The minimum atomic E-state index is 0.676. The van der Waals surface area contributed by atoms with Gasteiger partial charge in [-0.25, -0.2) is 4.98 Å². The molecule has 1 aliphatic heterocycles. The first kappa shape index (κ1) is 13.4. The highest BCUT2D eigenvalue weighted by Crippen LogP contribution is 2.44. The maximum atomic E-state index is 4.99. The lowest BCUT2D eigenvalue weighted by molar-refractivity contribution is 0.676. The minimum absolute atomic E-state index is 0.676. The summed E-state index contributed by atoms with van der Waals surface area (Å²) in [6.07, 6.45) is 6.54. The summed E-state index contributed by atoms with van der Waals surface area (Å²) in [7, 11) is 0. The molecule has 4 heteroatoms. The van der Waals surface area contributed by atoms with E-state index in [1.54, 1.807) is 0 Å². The molecule has 3 rings (SSSR count). The fourth-order valence-electron chi connectivity index (χ4n) is 2.87. The third-order valence-corrected chi connectivity index (χ3v) is 5.30. The third-order valence-electron chi connectivity index (χ3n) is 4.19. The second kappa shape index (κ2) is 5.80. The molecule has 0 amide bonds. The number of thiazole rings is 1. The maximum absolute atomic E-state index is 4.99. The van der Waals surface area contributed by atoms with Crippen molar-refractivity contribution < 1.29 is 0 Å². The number of hydrogen-bond acceptors (Lipinski definition) is 4. The topological polar surface area (TPSA) is 28.2 Å². The normalized spacial score (nSPS) is 23.3. The van der Waals surface area contributed by atoms with Crippen LogP contribution in [-0.2, 0) is 6.54 Å². The second-order valence-corrected chi connectivity index (χ2v) is 7.00. The van der Waals surface area contributed by atoms with Crippen molar-refractivity contribution in [3.05, 3.63) is 10.6 Å². The molecule has 1 aromatic rings. The Bertz CT molecular complexity index is 425. The predicted octanol–water partition coefficient (Wildman–Crippen LogP) is 3.51. The summed E-state index contributed by atoms with van der Waals surface area (Å²) < 4.78 is 0. The fourth-order valence-corrected chi connectivity index (χ4v) is 4.12. The molecule has 1 atom stereocenters. The zero-order valence-corrected chi connectivity index (χ0v) is 12.9. The fraction of sp³-hybridized carbons (Fsp3) is 0.800. The largest absolute Gasteiger partial charge is 0.345 e. The molecule has 0 aromatic carbocycles. The van der Waals surface area contributed by atoms with E-state index in [4.69, 9.17) is 4.98 Å². The molecule has 1 N–H and O–H groups in total. The van der Waals surface area contributed by atoms with Crippen LogP contribution in [0.15, 0.2) is 0 Å². The molecule has 0 radical (unpaired) electrons. The molecule has 2 heterocycles. The van der Waals surface area contributed by atoms with Crippen LogP contribution in [0.4, 0.5) is 5.13 Å². The first-order chi connectivity index (χ1) is 9.29. The molecule has 1 aromatic heterocycles. The second-order valence-electron chi connectivity index (χ2n) is 5.94. The Morgan fingerprint density at radius 3 is 2.84 bits per heavy atom. The number of hydrogen-bond donors (Lipinski definition) is 1. The van der Waals surface area contributed by atoms with Gasteiger partial charge in [-0.15, -0.1) is 11.3 Å². The van der Waals surface area contributed by atoms with E-state index in [9.17, 15) is 0 Å². The van der Waals surface area contributed by atoms with Gasteiger partial charge < -0.3 is 10.2 Å². The Morgan fingerprint density at radius 2 is 2.21 bits per heavy atom. The zero-order chi connectivity index (χ0) is 13.2. The summed E-state index contributed by atoms with van der Waals surface area (Å²) in [4.78, 5) is 8.99. The molecule has 2 fully saturated rings. The van der Waals surface area contributed by atoms with Crippen LogP contribution in [0, 0.1) is 0 Å². The SMILES string of the molecule is CCCNCc1sc(N2CCCC2C)nc1C1CC1. The Morgan fingerprint density at radius 1 is 1.37 bits per heavy atom. The van der Waals surface area contributed by atoms with E-state index in [-0.39, 0.29) is 0 Å². The number of anilines is 1. The molecule has 19 heavy (non-hydrogen) atoms. The van der Waals surface area contributed by atoms with Crippen molar-refractivity contribution >= 4 is 16.5 Å². The predicted molar refractivity (Wildman–Crippen MR) is 82.1 cm³/mol. The molecule has 1 aliphatic carbocycles. The number of nitrogens with zero attached hydrogens (tertiary/aromatic N) is 2. The van der Waals surface area contributed by atoms with Crippen LogP contribution in [0.5, 0.6) is 0 Å². The first-order valence-electron chi connectivity index (χ1n) is 7.76. The first-order valence-corrected chi connectivity index (χ1v) is 8.58.